The Balaban J connectivity index is 1.75. The Labute approximate surface area is 135 Å². The minimum absolute atomic E-state index is 0.235. The standard InChI is InChI=1S/C15H13ClN2O3S/c16-11-9-3-1-2-4-10(9)22-12(11)13-17-14(21-18-13)15(19)5-7-20-8-6-15/h1-4,19H,5-8H2. The normalized spacial score (nSPS) is 17.9. The summed E-state index contributed by atoms with van der Waals surface area (Å²) in [7, 11) is 0. The van der Waals surface area contributed by atoms with Crippen molar-refractivity contribution < 1.29 is 14.4 Å². The van der Waals surface area contributed by atoms with Crippen molar-refractivity contribution in [3.05, 3.63) is 35.2 Å². The number of halogens is 1. The zero-order valence-corrected chi connectivity index (χ0v) is 13.2. The fourth-order valence-electron chi connectivity index (χ4n) is 2.59. The van der Waals surface area contributed by atoms with Gasteiger partial charge in [-0.3, -0.25) is 0 Å². The van der Waals surface area contributed by atoms with E-state index in [1.807, 2.05) is 24.3 Å². The molecule has 22 heavy (non-hydrogen) atoms. The van der Waals surface area contributed by atoms with E-state index in [0.717, 1.165) is 15.0 Å². The topological polar surface area (TPSA) is 68.4 Å². The minimum Gasteiger partial charge on any atom is -0.381 e. The second-order valence-electron chi connectivity index (χ2n) is 5.31. The molecule has 1 saturated heterocycles. The number of nitrogens with zero attached hydrogens (tertiary/aromatic N) is 2. The molecule has 4 rings (SSSR count). The molecule has 0 amide bonds. The van der Waals surface area contributed by atoms with E-state index in [2.05, 4.69) is 10.1 Å². The van der Waals surface area contributed by atoms with Gasteiger partial charge in [-0.15, -0.1) is 11.3 Å². The molecule has 0 spiro atoms. The molecule has 114 valence electrons. The lowest BCUT2D eigenvalue weighted by atomic mass is 9.94. The zero-order chi connectivity index (χ0) is 15.2. The van der Waals surface area contributed by atoms with E-state index in [-0.39, 0.29) is 5.89 Å². The zero-order valence-electron chi connectivity index (χ0n) is 11.6. The highest BCUT2D eigenvalue weighted by Gasteiger charge is 2.38. The fraction of sp³-hybridized carbons (Fsp3) is 0.333. The number of ether oxygens (including phenoxy) is 1. The van der Waals surface area contributed by atoms with Gasteiger partial charge in [0.15, 0.2) is 0 Å². The number of fused-ring (bicyclic) bond motifs is 1. The Morgan fingerprint density at radius 2 is 2.00 bits per heavy atom. The predicted molar refractivity (Wildman–Crippen MR) is 84.1 cm³/mol. The number of aromatic nitrogens is 2. The van der Waals surface area contributed by atoms with E-state index < -0.39 is 5.60 Å². The summed E-state index contributed by atoms with van der Waals surface area (Å²) in [6.07, 6.45) is 0.906. The SMILES string of the molecule is OC1(c2nc(-c3sc4ccccc4c3Cl)no2)CCOCC1. The maximum absolute atomic E-state index is 10.6. The Hall–Kier alpha value is -1.47. The molecule has 7 heteroatoms. The first-order valence-electron chi connectivity index (χ1n) is 6.99. The quantitative estimate of drug-likeness (QED) is 0.774. The van der Waals surface area contributed by atoms with Crippen LogP contribution in [0.5, 0.6) is 0 Å². The average Bonchev–Trinajstić information content (AvgIpc) is 3.14. The van der Waals surface area contributed by atoms with Gasteiger partial charge in [0.05, 0.1) is 9.90 Å². The molecule has 1 N–H and O–H groups in total. The molecule has 1 aliphatic heterocycles. The summed E-state index contributed by atoms with van der Waals surface area (Å²) in [5, 5.41) is 16.2. The fourth-order valence-corrected chi connectivity index (χ4v) is 4.03. The molecule has 3 heterocycles. The van der Waals surface area contributed by atoms with Gasteiger partial charge >= 0.3 is 0 Å². The molecular formula is C15H13ClN2O3S. The summed E-state index contributed by atoms with van der Waals surface area (Å²) in [6, 6.07) is 7.87. The number of benzene rings is 1. The van der Waals surface area contributed by atoms with Gasteiger partial charge in [-0.1, -0.05) is 35.0 Å². The summed E-state index contributed by atoms with van der Waals surface area (Å²) < 4.78 is 11.6. The van der Waals surface area contributed by atoms with Crippen molar-refractivity contribution in [3.8, 4) is 10.7 Å². The molecule has 1 aromatic carbocycles. The molecule has 0 bridgehead atoms. The van der Waals surface area contributed by atoms with Crippen LogP contribution in [0, 0.1) is 0 Å². The van der Waals surface area contributed by atoms with Crippen LogP contribution >= 0.6 is 22.9 Å². The highest BCUT2D eigenvalue weighted by atomic mass is 35.5. The van der Waals surface area contributed by atoms with Crippen molar-refractivity contribution in [1.29, 1.82) is 0 Å². The van der Waals surface area contributed by atoms with E-state index in [1.165, 1.54) is 11.3 Å². The third-order valence-corrected chi connectivity index (χ3v) is 5.55. The van der Waals surface area contributed by atoms with Crippen LogP contribution in [0.4, 0.5) is 0 Å². The van der Waals surface area contributed by atoms with Gasteiger partial charge in [0.1, 0.15) is 5.60 Å². The van der Waals surface area contributed by atoms with Crippen molar-refractivity contribution in [2.24, 2.45) is 0 Å². The number of hydrogen-bond acceptors (Lipinski definition) is 6. The van der Waals surface area contributed by atoms with Crippen LogP contribution in [0.2, 0.25) is 5.02 Å². The van der Waals surface area contributed by atoms with Gasteiger partial charge in [-0.25, -0.2) is 0 Å². The van der Waals surface area contributed by atoms with Gasteiger partial charge in [0.25, 0.3) is 5.89 Å². The maximum atomic E-state index is 10.6. The van der Waals surface area contributed by atoms with Crippen molar-refractivity contribution in [1.82, 2.24) is 10.1 Å². The molecule has 2 aromatic heterocycles. The predicted octanol–water partition coefficient (Wildman–Crippen LogP) is 3.60. The van der Waals surface area contributed by atoms with Crippen LogP contribution in [-0.4, -0.2) is 28.5 Å². The summed E-state index contributed by atoms with van der Waals surface area (Å²) in [6.45, 7) is 0.968. The van der Waals surface area contributed by atoms with Crippen LogP contribution in [0.25, 0.3) is 20.8 Å². The second-order valence-corrected chi connectivity index (χ2v) is 6.74. The maximum Gasteiger partial charge on any atom is 0.259 e. The van der Waals surface area contributed by atoms with Crippen molar-refractivity contribution in [3.63, 3.8) is 0 Å². The van der Waals surface area contributed by atoms with Crippen LogP contribution < -0.4 is 0 Å². The molecule has 1 aliphatic rings. The lowest BCUT2D eigenvalue weighted by molar-refractivity contribution is -0.0856. The van der Waals surface area contributed by atoms with Gasteiger partial charge in [-0.05, 0) is 6.07 Å². The molecule has 0 saturated carbocycles. The van der Waals surface area contributed by atoms with Crippen LogP contribution in [0.1, 0.15) is 18.7 Å². The van der Waals surface area contributed by atoms with Crippen molar-refractivity contribution in [2.75, 3.05) is 13.2 Å². The third kappa shape index (κ3) is 2.23. The first-order chi connectivity index (χ1) is 10.7. The summed E-state index contributed by atoms with van der Waals surface area (Å²) in [5.41, 5.74) is -1.10. The third-order valence-electron chi connectivity index (χ3n) is 3.88. The highest BCUT2D eigenvalue weighted by Crippen LogP contribution is 2.41. The number of aliphatic hydroxyl groups is 1. The van der Waals surface area contributed by atoms with Gasteiger partial charge in [0.2, 0.25) is 5.82 Å². The second kappa shape index (κ2) is 5.31. The monoisotopic (exact) mass is 336 g/mol. The molecule has 0 atom stereocenters. The van der Waals surface area contributed by atoms with Crippen LogP contribution in [0.3, 0.4) is 0 Å². The van der Waals surface area contributed by atoms with Gasteiger partial charge in [0, 0.05) is 36.1 Å². The van der Waals surface area contributed by atoms with Crippen LogP contribution in [0.15, 0.2) is 28.8 Å². The molecule has 3 aromatic rings. The molecule has 0 aliphatic carbocycles. The van der Waals surface area contributed by atoms with Gasteiger partial charge < -0.3 is 14.4 Å². The summed E-state index contributed by atoms with van der Waals surface area (Å²) in [4.78, 5) is 5.13. The van der Waals surface area contributed by atoms with E-state index >= 15 is 0 Å². The highest BCUT2D eigenvalue weighted by molar-refractivity contribution is 7.23. The van der Waals surface area contributed by atoms with E-state index in [0.29, 0.717) is 36.9 Å². The van der Waals surface area contributed by atoms with Crippen molar-refractivity contribution in [2.45, 2.75) is 18.4 Å². The summed E-state index contributed by atoms with van der Waals surface area (Å²) in [5.74, 6) is 0.653. The van der Waals surface area contributed by atoms with E-state index in [9.17, 15) is 5.11 Å². The number of thiophene rings is 1. The van der Waals surface area contributed by atoms with Gasteiger partial charge in [-0.2, -0.15) is 4.98 Å². The Morgan fingerprint density at radius 3 is 2.77 bits per heavy atom. The smallest absolute Gasteiger partial charge is 0.259 e. The number of rotatable bonds is 2. The average molecular weight is 337 g/mol. The van der Waals surface area contributed by atoms with E-state index in [4.69, 9.17) is 20.9 Å². The molecule has 0 unspecified atom stereocenters. The Kier molecular flexibility index (Phi) is 3.41. The lowest BCUT2D eigenvalue weighted by Crippen LogP contribution is -2.33. The molecular weight excluding hydrogens is 324 g/mol. The Bertz CT molecular complexity index is 823. The first-order valence-corrected chi connectivity index (χ1v) is 8.18. The minimum atomic E-state index is -1.10. The lowest BCUT2D eigenvalue weighted by Gasteiger charge is -2.27. The first kappa shape index (κ1) is 14.1. The molecule has 5 nitrogen and oxygen atoms in total. The number of hydrogen-bond donors (Lipinski definition) is 1. The van der Waals surface area contributed by atoms with E-state index in [1.54, 1.807) is 0 Å². The Morgan fingerprint density at radius 1 is 1.23 bits per heavy atom. The largest absolute Gasteiger partial charge is 0.381 e. The van der Waals surface area contributed by atoms with Crippen molar-refractivity contribution >= 4 is 33.0 Å². The summed E-state index contributed by atoms with van der Waals surface area (Å²) >= 11 is 7.94. The van der Waals surface area contributed by atoms with Crippen LogP contribution in [-0.2, 0) is 10.3 Å². The molecule has 0 radical (unpaired) electrons. The molecule has 1 fully saturated rings.